The average Bonchev–Trinajstić information content (AvgIpc) is 2.55. The highest BCUT2D eigenvalue weighted by molar-refractivity contribution is 6.31. The zero-order valence-corrected chi connectivity index (χ0v) is 17.9. The number of carbonyl (C=O) groups is 1. The molecule has 0 bridgehead atoms. The molecule has 11 N–H and O–H groups in total. The normalized spacial score (nSPS) is 10.8. The van der Waals surface area contributed by atoms with Crippen molar-refractivity contribution in [3.63, 3.8) is 0 Å². The molecule has 0 aliphatic heterocycles. The van der Waals surface area contributed by atoms with Gasteiger partial charge in [-0.1, -0.05) is 11.6 Å². The Kier molecular flexibility index (Phi) is 13.7. The summed E-state index contributed by atoms with van der Waals surface area (Å²) < 4.78 is 10.6. The third-order valence-corrected chi connectivity index (χ3v) is 3.30. The monoisotopic (exact) mass is 474 g/mol. The third-order valence-electron chi connectivity index (χ3n) is 3.02. The molecule has 0 aliphatic rings. The van der Waals surface area contributed by atoms with E-state index in [1.807, 2.05) is 0 Å². The van der Waals surface area contributed by atoms with Gasteiger partial charge in [0.25, 0.3) is 5.91 Å². The van der Waals surface area contributed by atoms with Gasteiger partial charge in [-0.2, -0.15) is 0 Å². The summed E-state index contributed by atoms with van der Waals surface area (Å²) in [7, 11) is 0. The van der Waals surface area contributed by atoms with Crippen LogP contribution < -0.4 is 28.7 Å². The first-order valence-electron chi connectivity index (χ1n) is 7.66. The number of hydrogen-bond acceptors (Lipinski definition) is 9. The van der Waals surface area contributed by atoms with E-state index in [9.17, 15) is 4.79 Å². The molecule has 29 heavy (non-hydrogen) atoms. The maximum Gasteiger partial charge on any atom is 0.283 e. The van der Waals surface area contributed by atoms with Crippen LogP contribution in [-0.4, -0.2) is 65.3 Å². The second-order valence-corrected chi connectivity index (χ2v) is 5.47. The predicted molar refractivity (Wildman–Crippen MR) is 115 cm³/mol. The smallest absolute Gasteiger partial charge is 0.283 e. The highest BCUT2D eigenvalue weighted by Crippen LogP contribution is 2.18. The van der Waals surface area contributed by atoms with E-state index in [1.165, 1.54) is 0 Å². The van der Waals surface area contributed by atoms with E-state index in [0.29, 0.717) is 0 Å². The molecule has 1 amide bonds. The number of anilines is 2. The summed E-state index contributed by atoms with van der Waals surface area (Å²) in [5, 5.41) is 7.37. The molecule has 0 spiro atoms. The van der Waals surface area contributed by atoms with Crippen molar-refractivity contribution in [2.75, 3.05) is 37.8 Å². The highest BCUT2D eigenvalue weighted by atomic mass is 35.5. The summed E-state index contributed by atoms with van der Waals surface area (Å²) in [5.74, 6) is -1.69. The Morgan fingerprint density at radius 3 is 2.34 bits per heavy atom. The number of hydrogen-bond donors (Lipinski definition) is 6. The number of guanidine groups is 2. The van der Waals surface area contributed by atoms with Gasteiger partial charge >= 0.3 is 0 Å². The first-order valence-corrected chi connectivity index (χ1v) is 8.03. The lowest BCUT2D eigenvalue weighted by molar-refractivity contribution is 0.0137. The van der Waals surface area contributed by atoms with Crippen LogP contribution in [0.1, 0.15) is 17.4 Å². The molecule has 13 nitrogen and oxygen atoms in total. The number of ether oxygens (including phenoxy) is 2. The molecule has 1 unspecified atom stereocenters. The van der Waals surface area contributed by atoms with Crippen LogP contribution in [-0.2, 0) is 9.47 Å². The predicted octanol–water partition coefficient (Wildman–Crippen LogP) is -0.874. The molecule has 16 heteroatoms. The van der Waals surface area contributed by atoms with Gasteiger partial charge in [0.1, 0.15) is 6.23 Å². The molecule has 0 aliphatic carbocycles. The fourth-order valence-electron chi connectivity index (χ4n) is 1.84. The van der Waals surface area contributed by atoms with Crippen molar-refractivity contribution >= 4 is 65.9 Å². The minimum atomic E-state index is -0.754. The first kappa shape index (κ1) is 28.9. The number of nitrogens with zero attached hydrogens (tertiary/aromatic N) is 4. The fourth-order valence-corrected chi connectivity index (χ4v) is 1.97. The molecule has 0 radical (unpaired) electrons. The zero-order valence-electron chi connectivity index (χ0n) is 15.5. The fraction of sp³-hybridized carbons (Fsp3) is 0.462. The van der Waals surface area contributed by atoms with E-state index in [4.69, 9.17) is 55.2 Å². The van der Waals surface area contributed by atoms with Crippen molar-refractivity contribution in [2.45, 2.75) is 13.2 Å². The van der Waals surface area contributed by atoms with Gasteiger partial charge in [0, 0.05) is 0 Å². The first-order chi connectivity index (χ1) is 12.6. The Balaban J connectivity index is 0. The van der Waals surface area contributed by atoms with Crippen LogP contribution in [0.3, 0.4) is 0 Å². The molecule has 1 aromatic rings. The SMILES string of the molecule is CC(N=C(N)N)OCCOCCN(C(=N)N)C(=O)c1nc(Cl)c(N)nc1N.Cl.Cl. The number of rotatable bonds is 9. The van der Waals surface area contributed by atoms with Gasteiger partial charge in [-0.3, -0.25) is 15.1 Å². The Morgan fingerprint density at radius 1 is 1.17 bits per heavy atom. The van der Waals surface area contributed by atoms with E-state index >= 15 is 0 Å². The van der Waals surface area contributed by atoms with Crippen molar-refractivity contribution < 1.29 is 14.3 Å². The molecule has 166 valence electrons. The number of nitrogens with one attached hydrogen (secondary N) is 1. The number of carbonyl (C=O) groups excluding carboxylic acids is 1. The molecule has 0 saturated carbocycles. The van der Waals surface area contributed by atoms with Gasteiger partial charge in [0.2, 0.25) is 0 Å². The van der Waals surface area contributed by atoms with Gasteiger partial charge in [0.15, 0.2) is 34.4 Å². The largest absolute Gasteiger partial charge is 0.382 e. The highest BCUT2D eigenvalue weighted by Gasteiger charge is 2.24. The molecule has 0 fully saturated rings. The van der Waals surface area contributed by atoms with E-state index in [2.05, 4.69) is 15.0 Å². The maximum atomic E-state index is 12.5. The van der Waals surface area contributed by atoms with Gasteiger partial charge in [-0.05, 0) is 6.92 Å². The van der Waals surface area contributed by atoms with Gasteiger partial charge in [0.05, 0.1) is 26.4 Å². The third kappa shape index (κ3) is 9.62. The Labute approximate surface area is 184 Å². The molecule has 0 aromatic carbocycles. The summed E-state index contributed by atoms with van der Waals surface area (Å²) >= 11 is 5.76. The number of aliphatic imine (C=N–C) groups is 1. The van der Waals surface area contributed by atoms with Gasteiger partial charge < -0.3 is 38.1 Å². The lowest BCUT2D eigenvalue weighted by atomic mass is 10.3. The average molecular weight is 476 g/mol. The Bertz CT molecular complexity index is 718. The molecule has 1 atom stereocenters. The molecule has 1 heterocycles. The van der Waals surface area contributed by atoms with Crippen molar-refractivity contribution in [3.8, 4) is 0 Å². The topological polar surface area (TPSA) is 231 Å². The van der Waals surface area contributed by atoms with Crippen LogP contribution in [0.2, 0.25) is 5.15 Å². The number of nitrogens with two attached hydrogens (primary N) is 5. The minimum Gasteiger partial charge on any atom is -0.382 e. The van der Waals surface area contributed by atoms with Crippen molar-refractivity contribution in [1.29, 1.82) is 5.41 Å². The lowest BCUT2D eigenvalue weighted by Crippen LogP contribution is -2.44. The second kappa shape index (κ2) is 13.8. The molecular formula is C13H25Cl3N10O3. The number of nitrogen functional groups attached to an aromatic ring is 2. The summed E-state index contributed by atoms with van der Waals surface area (Å²) in [6, 6.07) is 0. The minimum absolute atomic E-state index is 0. The summed E-state index contributed by atoms with van der Waals surface area (Å²) in [5.41, 5.74) is 26.7. The summed E-state index contributed by atoms with van der Waals surface area (Å²) in [6.07, 6.45) is -0.509. The van der Waals surface area contributed by atoms with E-state index in [0.717, 1.165) is 4.90 Å². The van der Waals surface area contributed by atoms with Crippen LogP contribution in [0, 0.1) is 5.41 Å². The standard InChI is InChI=1S/C13H23ClN10O3.2ClH/c1-6(21-12(17)18)27-5-4-26-3-2-24(13(19)20)11(25)7-9(15)23-10(16)8(14)22-7;;/h6H,2-5H2,1H3,(H3,19,20)(H4,15,16,23)(H4,17,18,21);2*1H. The van der Waals surface area contributed by atoms with E-state index in [-0.39, 0.29) is 79.6 Å². The number of amides is 1. The maximum absolute atomic E-state index is 12.5. The molecule has 1 rings (SSSR count). The Hall–Kier alpha value is -2.32. The lowest BCUT2D eigenvalue weighted by Gasteiger charge is -2.20. The number of halogens is 3. The van der Waals surface area contributed by atoms with E-state index < -0.39 is 18.1 Å². The van der Waals surface area contributed by atoms with Crippen LogP contribution in [0.4, 0.5) is 11.6 Å². The quantitative estimate of drug-likeness (QED) is 0.147. The van der Waals surface area contributed by atoms with Gasteiger partial charge in [-0.15, -0.1) is 24.8 Å². The van der Waals surface area contributed by atoms with Crippen molar-refractivity contribution in [1.82, 2.24) is 14.9 Å². The van der Waals surface area contributed by atoms with Crippen molar-refractivity contribution in [3.05, 3.63) is 10.8 Å². The van der Waals surface area contributed by atoms with Crippen LogP contribution in [0.25, 0.3) is 0 Å². The van der Waals surface area contributed by atoms with Crippen LogP contribution >= 0.6 is 36.4 Å². The second-order valence-electron chi connectivity index (χ2n) is 5.11. The van der Waals surface area contributed by atoms with E-state index in [1.54, 1.807) is 6.92 Å². The molecule has 1 aromatic heterocycles. The summed E-state index contributed by atoms with van der Waals surface area (Å²) in [6.45, 7) is 2.14. The van der Waals surface area contributed by atoms with Gasteiger partial charge in [-0.25, -0.2) is 15.0 Å². The Morgan fingerprint density at radius 2 is 1.79 bits per heavy atom. The molecular weight excluding hydrogens is 451 g/mol. The molecule has 0 saturated heterocycles. The zero-order chi connectivity index (χ0) is 20.6. The summed E-state index contributed by atoms with van der Waals surface area (Å²) in [4.78, 5) is 24.7. The van der Waals surface area contributed by atoms with Crippen molar-refractivity contribution in [2.24, 2.45) is 22.2 Å². The van der Waals surface area contributed by atoms with Crippen LogP contribution in [0.5, 0.6) is 0 Å². The van der Waals surface area contributed by atoms with Crippen LogP contribution in [0.15, 0.2) is 4.99 Å². The number of aromatic nitrogens is 2.